The Morgan fingerprint density at radius 1 is 1.33 bits per heavy atom. The van der Waals surface area contributed by atoms with E-state index in [2.05, 4.69) is 16.2 Å². The number of nitrogens with one attached hydrogen (secondary N) is 3. The first-order chi connectivity index (χ1) is 7.25. The third-order valence-corrected chi connectivity index (χ3v) is 2.23. The van der Waals surface area contributed by atoms with E-state index < -0.39 is 0 Å². The highest BCUT2D eigenvalue weighted by atomic mass is 16.1. The number of hydrogen-bond donors (Lipinski definition) is 3. The maximum Gasteiger partial charge on any atom is 0.254 e. The van der Waals surface area contributed by atoms with Gasteiger partial charge >= 0.3 is 0 Å². The average Bonchev–Trinajstić information content (AvgIpc) is 2.74. The molecule has 0 saturated carbocycles. The molecule has 0 saturated heterocycles. The van der Waals surface area contributed by atoms with E-state index in [1.54, 1.807) is 6.20 Å². The number of hydrazine groups is 1. The van der Waals surface area contributed by atoms with E-state index in [0.29, 0.717) is 12.1 Å². The number of hydrogen-bond acceptors (Lipinski definition) is 3. The zero-order valence-electron chi connectivity index (χ0n) is 8.50. The molecule has 1 heterocycles. The van der Waals surface area contributed by atoms with Crippen LogP contribution in [0.2, 0.25) is 0 Å². The topological polar surface area (TPSA) is 53.2 Å². The fourth-order valence-corrected chi connectivity index (χ4v) is 1.33. The number of amides is 1. The Morgan fingerprint density at radius 2 is 2.07 bits per heavy atom. The standard InChI is InChI=1S/C11H13N3O/c1-8-2-4-10(5-3-8)14-11(15)9-6-12-13-7-9/h2-6,12-13H,7H2,1H3,(H,14,15). The fraction of sp³-hybridized carbons (Fsp3) is 0.182. The molecule has 15 heavy (non-hydrogen) atoms. The van der Waals surface area contributed by atoms with Crippen LogP contribution >= 0.6 is 0 Å². The van der Waals surface area contributed by atoms with Gasteiger partial charge in [0.25, 0.3) is 5.91 Å². The summed E-state index contributed by atoms with van der Waals surface area (Å²) in [5, 5.41) is 2.82. The maximum atomic E-state index is 11.6. The monoisotopic (exact) mass is 203 g/mol. The van der Waals surface area contributed by atoms with Crippen molar-refractivity contribution in [3.05, 3.63) is 41.6 Å². The molecule has 1 amide bonds. The van der Waals surface area contributed by atoms with Crippen molar-refractivity contribution in [3.8, 4) is 0 Å². The molecule has 1 aliphatic rings. The van der Waals surface area contributed by atoms with Gasteiger partial charge in [-0.25, -0.2) is 5.43 Å². The minimum Gasteiger partial charge on any atom is -0.328 e. The highest BCUT2D eigenvalue weighted by Crippen LogP contribution is 2.10. The van der Waals surface area contributed by atoms with Crippen molar-refractivity contribution in [2.24, 2.45) is 0 Å². The van der Waals surface area contributed by atoms with Gasteiger partial charge in [0.2, 0.25) is 0 Å². The minimum atomic E-state index is -0.0728. The summed E-state index contributed by atoms with van der Waals surface area (Å²) in [6.07, 6.45) is 1.67. The van der Waals surface area contributed by atoms with Crippen LogP contribution in [0.1, 0.15) is 5.56 Å². The van der Waals surface area contributed by atoms with E-state index in [4.69, 9.17) is 0 Å². The van der Waals surface area contributed by atoms with Crippen LogP contribution in [0.3, 0.4) is 0 Å². The Kier molecular flexibility index (Phi) is 2.69. The van der Waals surface area contributed by atoms with Crippen LogP contribution < -0.4 is 16.2 Å². The molecule has 0 bridgehead atoms. The molecule has 0 aliphatic carbocycles. The van der Waals surface area contributed by atoms with Crippen molar-refractivity contribution >= 4 is 11.6 Å². The molecule has 4 heteroatoms. The molecule has 0 atom stereocenters. The lowest BCUT2D eigenvalue weighted by Gasteiger charge is -2.04. The summed E-state index contributed by atoms with van der Waals surface area (Å²) in [6, 6.07) is 7.72. The molecule has 0 radical (unpaired) electrons. The molecule has 0 spiro atoms. The predicted octanol–water partition coefficient (Wildman–Crippen LogP) is 0.925. The Bertz CT molecular complexity index is 395. The van der Waals surface area contributed by atoms with Gasteiger partial charge in [0.15, 0.2) is 0 Å². The van der Waals surface area contributed by atoms with Crippen molar-refractivity contribution in [1.29, 1.82) is 0 Å². The van der Waals surface area contributed by atoms with Crippen molar-refractivity contribution in [2.75, 3.05) is 11.9 Å². The number of rotatable bonds is 2. The van der Waals surface area contributed by atoms with Gasteiger partial charge in [-0.1, -0.05) is 17.7 Å². The van der Waals surface area contributed by atoms with Crippen LogP contribution in [0.4, 0.5) is 5.69 Å². The second kappa shape index (κ2) is 4.14. The number of carbonyl (C=O) groups excluding carboxylic acids is 1. The van der Waals surface area contributed by atoms with E-state index in [-0.39, 0.29) is 5.91 Å². The van der Waals surface area contributed by atoms with Crippen molar-refractivity contribution in [2.45, 2.75) is 6.92 Å². The first-order valence-corrected chi connectivity index (χ1v) is 4.81. The minimum absolute atomic E-state index is 0.0728. The number of benzene rings is 1. The Balaban J connectivity index is 2.02. The van der Waals surface area contributed by atoms with Gasteiger partial charge in [0.1, 0.15) is 0 Å². The zero-order chi connectivity index (χ0) is 10.7. The molecule has 3 N–H and O–H groups in total. The third kappa shape index (κ3) is 2.35. The lowest BCUT2D eigenvalue weighted by Crippen LogP contribution is -2.22. The van der Waals surface area contributed by atoms with Crippen LogP contribution in [-0.4, -0.2) is 12.5 Å². The van der Waals surface area contributed by atoms with E-state index in [0.717, 1.165) is 5.69 Å². The van der Waals surface area contributed by atoms with Crippen molar-refractivity contribution < 1.29 is 4.79 Å². The smallest absolute Gasteiger partial charge is 0.254 e. The third-order valence-electron chi connectivity index (χ3n) is 2.23. The largest absolute Gasteiger partial charge is 0.328 e. The molecule has 2 rings (SSSR count). The lowest BCUT2D eigenvalue weighted by molar-refractivity contribution is -0.112. The van der Waals surface area contributed by atoms with Gasteiger partial charge in [0.05, 0.1) is 0 Å². The molecule has 0 aromatic heterocycles. The van der Waals surface area contributed by atoms with Crippen molar-refractivity contribution in [3.63, 3.8) is 0 Å². The van der Waals surface area contributed by atoms with Crippen LogP contribution in [-0.2, 0) is 4.79 Å². The molecule has 1 aromatic rings. The molecule has 78 valence electrons. The van der Waals surface area contributed by atoms with E-state index in [1.807, 2.05) is 31.2 Å². The van der Waals surface area contributed by atoms with Crippen LogP contribution in [0, 0.1) is 6.92 Å². The first kappa shape index (κ1) is 9.73. The summed E-state index contributed by atoms with van der Waals surface area (Å²) in [4.78, 5) is 11.6. The molecular weight excluding hydrogens is 190 g/mol. The van der Waals surface area contributed by atoms with Gasteiger partial charge in [-0.05, 0) is 19.1 Å². The highest BCUT2D eigenvalue weighted by Gasteiger charge is 2.12. The van der Waals surface area contributed by atoms with E-state index >= 15 is 0 Å². The summed E-state index contributed by atoms with van der Waals surface area (Å²) < 4.78 is 0. The molecule has 4 nitrogen and oxygen atoms in total. The first-order valence-electron chi connectivity index (χ1n) is 4.81. The average molecular weight is 203 g/mol. The summed E-state index contributed by atoms with van der Waals surface area (Å²) in [5.41, 5.74) is 8.32. The summed E-state index contributed by atoms with van der Waals surface area (Å²) in [6.45, 7) is 2.57. The lowest BCUT2D eigenvalue weighted by atomic mass is 10.2. The molecule has 1 aromatic carbocycles. The Labute approximate surface area is 88.3 Å². The second-order valence-corrected chi connectivity index (χ2v) is 3.49. The Morgan fingerprint density at radius 3 is 2.67 bits per heavy atom. The summed E-state index contributed by atoms with van der Waals surface area (Å²) in [7, 11) is 0. The molecular formula is C11H13N3O. The number of aryl methyl sites for hydroxylation is 1. The molecule has 1 aliphatic heterocycles. The van der Waals surface area contributed by atoms with Crippen LogP contribution in [0.5, 0.6) is 0 Å². The quantitative estimate of drug-likeness (QED) is 0.670. The SMILES string of the molecule is Cc1ccc(NC(=O)C2=CNNC2)cc1. The summed E-state index contributed by atoms with van der Waals surface area (Å²) in [5.74, 6) is -0.0728. The van der Waals surface area contributed by atoms with Crippen LogP contribution in [0.25, 0.3) is 0 Å². The van der Waals surface area contributed by atoms with Gasteiger partial charge in [-0.3, -0.25) is 4.79 Å². The normalized spacial score (nSPS) is 14.3. The van der Waals surface area contributed by atoms with E-state index in [9.17, 15) is 4.79 Å². The van der Waals surface area contributed by atoms with Crippen molar-refractivity contribution in [1.82, 2.24) is 10.9 Å². The molecule has 0 unspecified atom stereocenters. The second-order valence-electron chi connectivity index (χ2n) is 3.49. The van der Waals surface area contributed by atoms with E-state index in [1.165, 1.54) is 5.56 Å². The maximum absolute atomic E-state index is 11.6. The van der Waals surface area contributed by atoms with Gasteiger partial charge in [-0.15, -0.1) is 0 Å². The fourth-order valence-electron chi connectivity index (χ4n) is 1.33. The van der Waals surface area contributed by atoms with Gasteiger partial charge in [0, 0.05) is 24.0 Å². The van der Waals surface area contributed by atoms with Crippen LogP contribution in [0.15, 0.2) is 36.0 Å². The zero-order valence-corrected chi connectivity index (χ0v) is 8.50. The Hall–Kier alpha value is -1.81. The van der Waals surface area contributed by atoms with Gasteiger partial charge in [-0.2, -0.15) is 0 Å². The predicted molar refractivity (Wildman–Crippen MR) is 59.0 cm³/mol. The number of anilines is 1. The number of carbonyl (C=O) groups is 1. The van der Waals surface area contributed by atoms with Gasteiger partial charge < -0.3 is 10.7 Å². The molecule has 0 fully saturated rings. The highest BCUT2D eigenvalue weighted by molar-refractivity contribution is 6.04. The summed E-state index contributed by atoms with van der Waals surface area (Å²) >= 11 is 0.